The van der Waals surface area contributed by atoms with Crippen molar-refractivity contribution in [3.8, 4) is 11.5 Å². The summed E-state index contributed by atoms with van der Waals surface area (Å²) in [5, 5.41) is 12.5. The predicted octanol–water partition coefficient (Wildman–Crippen LogP) is 2.34. The molecule has 0 saturated heterocycles. The van der Waals surface area contributed by atoms with Crippen LogP contribution in [0.4, 0.5) is 0 Å². The SMILES string of the molecule is CCC(CO)NCc1cccc(OC)c1OC(C)C. The average Bonchev–Trinajstić information content (AvgIpc) is 2.40. The van der Waals surface area contributed by atoms with E-state index in [0.717, 1.165) is 23.5 Å². The topological polar surface area (TPSA) is 50.7 Å². The molecule has 0 saturated carbocycles. The van der Waals surface area contributed by atoms with Crippen LogP contribution in [-0.2, 0) is 6.54 Å². The Kier molecular flexibility index (Phi) is 6.67. The van der Waals surface area contributed by atoms with E-state index in [1.54, 1.807) is 7.11 Å². The maximum Gasteiger partial charge on any atom is 0.166 e. The molecule has 0 aliphatic rings. The van der Waals surface area contributed by atoms with Gasteiger partial charge in [-0.3, -0.25) is 0 Å². The van der Waals surface area contributed by atoms with Gasteiger partial charge < -0.3 is 19.9 Å². The van der Waals surface area contributed by atoms with Crippen LogP contribution in [0.25, 0.3) is 0 Å². The first-order chi connectivity index (χ1) is 9.12. The monoisotopic (exact) mass is 267 g/mol. The van der Waals surface area contributed by atoms with E-state index in [9.17, 15) is 5.11 Å². The molecule has 0 radical (unpaired) electrons. The van der Waals surface area contributed by atoms with Gasteiger partial charge in [0.15, 0.2) is 11.5 Å². The highest BCUT2D eigenvalue weighted by Gasteiger charge is 2.13. The molecule has 0 amide bonds. The fraction of sp³-hybridized carbons (Fsp3) is 0.600. The summed E-state index contributed by atoms with van der Waals surface area (Å²) >= 11 is 0. The van der Waals surface area contributed by atoms with Gasteiger partial charge in [-0.25, -0.2) is 0 Å². The van der Waals surface area contributed by atoms with Crippen molar-refractivity contribution in [3.05, 3.63) is 23.8 Å². The van der Waals surface area contributed by atoms with E-state index in [0.29, 0.717) is 6.54 Å². The molecule has 0 aromatic heterocycles. The molecule has 1 rings (SSSR count). The minimum absolute atomic E-state index is 0.0925. The third-order valence-electron chi connectivity index (χ3n) is 2.93. The summed E-state index contributed by atoms with van der Waals surface area (Å²) in [6, 6.07) is 5.96. The van der Waals surface area contributed by atoms with Crippen LogP contribution in [0.3, 0.4) is 0 Å². The molecule has 4 heteroatoms. The number of ether oxygens (including phenoxy) is 2. The molecular weight excluding hydrogens is 242 g/mol. The first-order valence-electron chi connectivity index (χ1n) is 6.79. The predicted molar refractivity (Wildman–Crippen MR) is 76.8 cm³/mol. The first-order valence-corrected chi connectivity index (χ1v) is 6.79. The van der Waals surface area contributed by atoms with Crippen molar-refractivity contribution in [1.82, 2.24) is 5.32 Å². The van der Waals surface area contributed by atoms with Crippen molar-refractivity contribution in [2.24, 2.45) is 0 Å². The molecule has 1 atom stereocenters. The lowest BCUT2D eigenvalue weighted by molar-refractivity contribution is 0.222. The van der Waals surface area contributed by atoms with Gasteiger partial charge in [-0.15, -0.1) is 0 Å². The van der Waals surface area contributed by atoms with Crippen molar-refractivity contribution in [2.45, 2.75) is 45.9 Å². The molecular formula is C15H25NO3. The highest BCUT2D eigenvalue weighted by atomic mass is 16.5. The number of aliphatic hydroxyl groups excluding tert-OH is 1. The maximum absolute atomic E-state index is 9.20. The van der Waals surface area contributed by atoms with Crippen molar-refractivity contribution >= 4 is 0 Å². The number of hydrogen-bond donors (Lipinski definition) is 2. The van der Waals surface area contributed by atoms with E-state index in [2.05, 4.69) is 5.32 Å². The molecule has 108 valence electrons. The zero-order valence-corrected chi connectivity index (χ0v) is 12.3. The number of para-hydroxylation sites is 1. The molecule has 4 nitrogen and oxygen atoms in total. The van der Waals surface area contributed by atoms with E-state index in [1.807, 2.05) is 39.0 Å². The Hall–Kier alpha value is -1.26. The standard InChI is InChI=1S/C15H25NO3/c1-5-13(10-17)16-9-12-7-6-8-14(18-4)15(12)19-11(2)3/h6-8,11,13,16-17H,5,9-10H2,1-4H3. The van der Waals surface area contributed by atoms with E-state index in [-0.39, 0.29) is 18.8 Å². The molecule has 0 aliphatic heterocycles. The maximum atomic E-state index is 9.20. The van der Waals surface area contributed by atoms with Crippen LogP contribution in [0.2, 0.25) is 0 Å². The van der Waals surface area contributed by atoms with Crippen LogP contribution >= 0.6 is 0 Å². The number of benzene rings is 1. The second kappa shape index (κ2) is 8.02. The van der Waals surface area contributed by atoms with Crippen molar-refractivity contribution in [1.29, 1.82) is 0 Å². The molecule has 0 aliphatic carbocycles. The number of rotatable bonds is 8. The molecule has 0 heterocycles. The van der Waals surface area contributed by atoms with E-state index >= 15 is 0 Å². The number of hydrogen-bond acceptors (Lipinski definition) is 4. The summed E-state index contributed by atoms with van der Waals surface area (Å²) in [6.07, 6.45) is 0.982. The Morgan fingerprint density at radius 3 is 2.58 bits per heavy atom. The summed E-state index contributed by atoms with van der Waals surface area (Å²) in [5.74, 6) is 1.52. The van der Waals surface area contributed by atoms with Gasteiger partial charge in [0.1, 0.15) is 0 Å². The smallest absolute Gasteiger partial charge is 0.166 e. The highest BCUT2D eigenvalue weighted by molar-refractivity contribution is 5.46. The molecule has 1 unspecified atom stereocenters. The fourth-order valence-electron chi connectivity index (χ4n) is 1.82. The van der Waals surface area contributed by atoms with Gasteiger partial charge >= 0.3 is 0 Å². The van der Waals surface area contributed by atoms with Gasteiger partial charge in [-0.1, -0.05) is 19.1 Å². The Morgan fingerprint density at radius 1 is 1.32 bits per heavy atom. The lowest BCUT2D eigenvalue weighted by Crippen LogP contribution is -2.31. The van der Waals surface area contributed by atoms with Crippen LogP contribution in [0, 0.1) is 0 Å². The molecule has 0 bridgehead atoms. The fourth-order valence-corrected chi connectivity index (χ4v) is 1.82. The van der Waals surface area contributed by atoms with Gasteiger partial charge in [0, 0.05) is 18.2 Å². The van der Waals surface area contributed by atoms with Crippen molar-refractivity contribution in [3.63, 3.8) is 0 Å². The van der Waals surface area contributed by atoms with E-state index in [4.69, 9.17) is 9.47 Å². The number of methoxy groups -OCH3 is 1. The average molecular weight is 267 g/mol. The summed E-state index contributed by atoms with van der Waals surface area (Å²) in [7, 11) is 1.64. The van der Waals surface area contributed by atoms with Gasteiger partial charge in [-0.05, 0) is 26.3 Å². The first kappa shape index (κ1) is 15.8. The van der Waals surface area contributed by atoms with Gasteiger partial charge in [0.25, 0.3) is 0 Å². The Bertz CT molecular complexity index is 376. The largest absolute Gasteiger partial charge is 0.493 e. The lowest BCUT2D eigenvalue weighted by atomic mass is 10.1. The van der Waals surface area contributed by atoms with E-state index < -0.39 is 0 Å². The molecule has 0 spiro atoms. The zero-order valence-electron chi connectivity index (χ0n) is 12.3. The van der Waals surface area contributed by atoms with Gasteiger partial charge in [0.2, 0.25) is 0 Å². The third-order valence-corrected chi connectivity index (χ3v) is 2.93. The van der Waals surface area contributed by atoms with Gasteiger partial charge in [0.05, 0.1) is 19.8 Å². The number of aliphatic hydroxyl groups is 1. The quantitative estimate of drug-likeness (QED) is 0.759. The zero-order chi connectivity index (χ0) is 14.3. The molecule has 19 heavy (non-hydrogen) atoms. The van der Waals surface area contributed by atoms with Crippen molar-refractivity contribution in [2.75, 3.05) is 13.7 Å². The Labute approximate surface area is 115 Å². The molecule has 2 N–H and O–H groups in total. The summed E-state index contributed by atoms with van der Waals surface area (Å²) in [4.78, 5) is 0. The minimum atomic E-state index is 0.0925. The van der Waals surface area contributed by atoms with Crippen LogP contribution < -0.4 is 14.8 Å². The minimum Gasteiger partial charge on any atom is -0.493 e. The Morgan fingerprint density at radius 2 is 2.05 bits per heavy atom. The summed E-state index contributed by atoms with van der Waals surface area (Å²) < 4.78 is 11.2. The normalized spacial score (nSPS) is 12.5. The van der Waals surface area contributed by atoms with Crippen molar-refractivity contribution < 1.29 is 14.6 Å². The van der Waals surface area contributed by atoms with Crippen LogP contribution in [0.5, 0.6) is 11.5 Å². The number of nitrogens with one attached hydrogen (secondary N) is 1. The molecule has 0 fully saturated rings. The second-order valence-corrected chi connectivity index (χ2v) is 4.78. The highest BCUT2D eigenvalue weighted by Crippen LogP contribution is 2.32. The molecule has 1 aromatic carbocycles. The van der Waals surface area contributed by atoms with Crippen LogP contribution in [0.15, 0.2) is 18.2 Å². The Balaban J connectivity index is 2.86. The van der Waals surface area contributed by atoms with Crippen LogP contribution in [0.1, 0.15) is 32.8 Å². The third kappa shape index (κ3) is 4.73. The second-order valence-electron chi connectivity index (χ2n) is 4.78. The molecule has 1 aromatic rings. The summed E-state index contributed by atoms with van der Waals surface area (Å²) in [5.41, 5.74) is 1.04. The van der Waals surface area contributed by atoms with Gasteiger partial charge in [-0.2, -0.15) is 0 Å². The van der Waals surface area contributed by atoms with Crippen LogP contribution in [-0.4, -0.2) is 31.0 Å². The summed E-state index contributed by atoms with van der Waals surface area (Å²) in [6.45, 7) is 6.82. The lowest BCUT2D eigenvalue weighted by Gasteiger charge is -2.19. The van der Waals surface area contributed by atoms with E-state index in [1.165, 1.54) is 0 Å².